The highest BCUT2D eigenvalue weighted by Gasteiger charge is 2.27. The monoisotopic (exact) mass is 407 g/mol. The first-order valence-corrected chi connectivity index (χ1v) is 9.06. The summed E-state index contributed by atoms with van der Waals surface area (Å²) in [6.07, 6.45) is 1.00. The number of likely N-dealkylation sites (tertiary alicyclic amines) is 1. The van der Waals surface area contributed by atoms with E-state index in [0.29, 0.717) is 23.7 Å². The van der Waals surface area contributed by atoms with Gasteiger partial charge < -0.3 is 16.0 Å². The van der Waals surface area contributed by atoms with E-state index in [1.807, 2.05) is 30.3 Å². The molecule has 2 atom stereocenters. The van der Waals surface area contributed by atoms with Crippen LogP contribution in [-0.2, 0) is 4.79 Å². The third-order valence-electron chi connectivity index (χ3n) is 4.58. The molecule has 144 valence electrons. The van der Waals surface area contributed by atoms with Gasteiger partial charge in [-0.3, -0.25) is 9.59 Å². The predicted molar refractivity (Wildman–Crippen MR) is 109 cm³/mol. The van der Waals surface area contributed by atoms with Crippen molar-refractivity contribution in [1.82, 2.24) is 10.2 Å². The first-order valence-electron chi connectivity index (χ1n) is 8.68. The molecule has 5 nitrogen and oxygen atoms in total. The molecule has 7 heteroatoms. The summed E-state index contributed by atoms with van der Waals surface area (Å²) in [6.45, 7) is 1.23. The molecule has 0 saturated carbocycles. The van der Waals surface area contributed by atoms with Crippen LogP contribution in [0.2, 0.25) is 5.02 Å². The number of hydrogen-bond acceptors (Lipinski definition) is 3. The summed E-state index contributed by atoms with van der Waals surface area (Å²) in [5.41, 5.74) is 7.17. The van der Waals surface area contributed by atoms with Crippen LogP contribution in [0.1, 0.15) is 34.8 Å². The van der Waals surface area contributed by atoms with Crippen molar-refractivity contribution in [3.05, 3.63) is 70.7 Å². The second-order valence-corrected chi connectivity index (χ2v) is 6.92. The zero-order chi connectivity index (χ0) is 18.5. The van der Waals surface area contributed by atoms with Gasteiger partial charge in [-0.2, -0.15) is 0 Å². The quantitative estimate of drug-likeness (QED) is 0.798. The number of hydrogen-bond donors (Lipinski definition) is 2. The van der Waals surface area contributed by atoms with E-state index < -0.39 is 6.04 Å². The van der Waals surface area contributed by atoms with E-state index >= 15 is 0 Å². The largest absolute Gasteiger partial charge is 0.345 e. The molecule has 1 aliphatic heterocycles. The number of nitrogens with one attached hydrogen (secondary N) is 1. The van der Waals surface area contributed by atoms with Crippen LogP contribution in [0.25, 0.3) is 0 Å². The fourth-order valence-corrected chi connectivity index (χ4v) is 3.36. The molecule has 1 fully saturated rings. The lowest BCUT2D eigenvalue weighted by molar-refractivity contribution is -0.130. The second kappa shape index (κ2) is 9.74. The summed E-state index contributed by atoms with van der Waals surface area (Å²) in [6, 6.07) is 16.0. The van der Waals surface area contributed by atoms with Crippen molar-refractivity contribution >= 4 is 35.8 Å². The first-order chi connectivity index (χ1) is 12.5. The summed E-state index contributed by atoms with van der Waals surface area (Å²) < 4.78 is 0. The van der Waals surface area contributed by atoms with E-state index in [1.54, 1.807) is 29.2 Å². The predicted octanol–water partition coefficient (Wildman–Crippen LogP) is 3.18. The van der Waals surface area contributed by atoms with E-state index in [0.717, 1.165) is 12.0 Å². The van der Waals surface area contributed by atoms with Gasteiger partial charge in [0, 0.05) is 19.1 Å². The van der Waals surface area contributed by atoms with Crippen molar-refractivity contribution in [1.29, 1.82) is 0 Å². The van der Waals surface area contributed by atoms with Crippen molar-refractivity contribution in [2.75, 3.05) is 13.1 Å². The maximum absolute atomic E-state index is 12.7. The topological polar surface area (TPSA) is 75.4 Å². The van der Waals surface area contributed by atoms with Crippen molar-refractivity contribution in [2.45, 2.75) is 24.9 Å². The van der Waals surface area contributed by atoms with Crippen LogP contribution in [0, 0.1) is 0 Å². The molecule has 1 saturated heterocycles. The van der Waals surface area contributed by atoms with Gasteiger partial charge in [0.1, 0.15) is 0 Å². The number of carbonyl (C=O) groups excluding carboxylic acids is 2. The Hall–Kier alpha value is -2.08. The van der Waals surface area contributed by atoms with Gasteiger partial charge >= 0.3 is 0 Å². The van der Waals surface area contributed by atoms with Crippen molar-refractivity contribution < 1.29 is 9.59 Å². The summed E-state index contributed by atoms with van der Waals surface area (Å²) in [5, 5.41) is 3.34. The number of nitrogens with zero attached hydrogens (tertiary/aromatic N) is 1. The molecule has 0 spiro atoms. The molecule has 1 aliphatic rings. The Morgan fingerprint density at radius 2 is 1.81 bits per heavy atom. The Bertz CT molecular complexity index is 786. The van der Waals surface area contributed by atoms with Crippen LogP contribution < -0.4 is 11.1 Å². The number of nitrogens with two attached hydrogens (primary N) is 1. The van der Waals surface area contributed by atoms with E-state index in [1.165, 1.54) is 0 Å². The van der Waals surface area contributed by atoms with Gasteiger partial charge in [-0.1, -0.05) is 54.1 Å². The molecular formula is C20H23Cl2N3O2. The van der Waals surface area contributed by atoms with Crippen LogP contribution in [0.3, 0.4) is 0 Å². The van der Waals surface area contributed by atoms with Gasteiger partial charge in [0.25, 0.3) is 5.91 Å². The fraction of sp³-hybridized carbons (Fsp3) is 0.300. The Morgan fingerprint density at radius 1 is 1.15 bits per heavy atom. The Kier molecular flexibility index (Phi) is 7.66. The van der Waals surface area contributed by atoms with Crippen LogP contribution in [-0.4, -0.2) is 35.8 Å². The summed E-state index contributed by atoms with van der Waals surface area (Å²) >= 11 is 6.12. The Labute approximate surface area is 170 Å². The van der Waals surface area contributed by atoms with Crippen molar-refractivity contribution in [2.24, 2.45) is 5.73 Å². The minimum atomic E-state index is -0.427. The van der Waals surface area contributed by atoms with E-state index in [-0.39, 0.29) is 36.7 Å². The van der Waals surface area contributed by atoms with Crippen LogP contribution >= 0.6 is 24.0 Å². The van der Waals surface area contributed by atoms with Gasteiger partial charge in [0.05, 0.1) is 23.0 Å². The fourth-order valence-electron chi connectivity index (χ4n) is 3.14. The molecule has 3 rings (SSSR count). The number of carbonyl (C=O) groups is 2. The molecule has 2 amide bonds. The maximum Gasteiger partial charge on any atom is 0.253 e. The van der Waals surface area contributed by atoms with E-state index in [9.17, 15) is 9.59 Å². The van der Waals surface area contributed by atoms with Gasteiger partial charge in [-0.15, -0.1) is 12.4 Å². The van der Waals surface area contributed by atoms with Crippen molar-refractivity contribution in [3.63, 3.8) is 0 Å². The molecule has 0 aliphatic carbocycles. The number of rotatable bonds is 5. The lowest BCUT2D eigenvalue weighted by Gasteiger charge is -2.23. The highest BCUT2D eigenvalue weighted by Crippen LogP contribution is 2.22. The summed E-state index contributed by atoms with van der Waals surface area (Å²) in [7, 11) is 0. The molecule has 2 aromatic carbocycles. The third-order valence-corrected chi connectivity index (χ3v) is 4.91. The smallest absolute Gasteiger partial charge is 0.253 e. The Balaban J connectivity index is 0.00000261. The molecule has 0 bridgehead atoms. The first kappa shape index (κ1) is 21.2. The number of amides is 2. The average Bonchev–Trinajstić information content (AvgIpc) is 3.08. The van der Waals surface area contributed by atoms with Gasteiger partial charge in [0.2, 0.25) is 5.91 Å². The zero-order valence-electron chi connectivity index (χ0n) is 14.8. The van der Waals surface area contributed by atoms with E-state index in [4.69, 9.17) is 17.3 Å². The second-order valence-electron chi connectivity index (χ2n) is 6.51. The molecule has 2 aromatic rings. The van der Waals surface area contributed by atoms with E-state index in [2.05, 4.69) is 5.32 Å². The highest BCUT2D eigenvalue weighted by atomic mass is 35.5. The number of halogens is 2. The molecule has 3 N–H and O–H groups in total. The standard InChI is InChI=1S/C20H22ClN3O2.ClH/c21-17-9-5-4-8-16(17)20(26)23-18(14-6-2-1-3-7-14)12-19(25)24-11-10-15(22)13-24;/h1-9,15,18H,10-13,22H2,(H,23,26);1H/t15-,18?;/m1./s1. The SMILES string of the molecule is Cl.N[C@@H]1CCN(C(=O)CC(NC(=O)c2ccccc2Cl)c2ccccc2)C1. The molecule has 1 heterocycles. The molecular weight excluding hydrogens is 385 g/mol. The van der Waals surface area contributed by atoms with Crippen LogP contribution in [0.5, 0.6) is 0 Å². The molecule has 0 aromatic heterocycles. The summed E-state index contributed by atoms with van der Waals surface area (Å²) in [4.78, 5) is 27.1. The van der Waals surface area contributed by atoms with Crippen LogP contribution in [0.4, 0.5) is 0 Å². The molecule has 27 heavy (non-hydrogen) atoms. The van der Waals surface area contributed by atoms with Gasteiger partial charge in [0.15, 0.2) is 0 Å². The Morgan fingerprint density at radius 3 is 2.44 bits per heavy atom. The van der Waals surface area contributed by atoms with Gasteiger partial charge in [-0.05, 0) is 24.1 Å². The highest BCUT2D eigenvalue weighted by molar-refractivity contribution is 6.33. The molecule has 0 radical (unpaired) electrons. The minimum absolute atomic E-state index is 0. The normalized spacial score (nSPS) is 17.1. The minimum Gasteiger partial charge on any atom is -0.345 e. The van der Waals surface area contributed by atoms with Crippen molar-refractivity contribution in [3.8, 4) is 0 Å². The third kappa shape index (κ3) is 5.45. The van der Waals surface area contributed by atoms with Crippen LogP contribution in [0.15, 0.2) is 54.6 Å². The zero-order valence-corrected chi connectivity index (χ0v) is 16.4. The lowest BCUT2D eigenvalue weighted by atomic mass is 10.0. The number of benzene rings is 2. The molecule has 1 unspecified atom stereocenters. The van der Waals surface area contributed by atoms with Gasteiger partial charge in [-0.25, -0.2) is 0 Å². The average molecular weight is 408 g/mol. The summed E-state index contributed by atoms with van der Waals surface area (Å²) in [5.74, 6) is -0.304. The lowest BCUT2D eigenvalue weighted by Crippen LogP contribution is -2.36. The maximum atomic E-state index is 12.7.